The van der Waals surface area contributed by atoms with Crippen LogP contribution in [-0.2, 0) is 63.9 Å². The maximum absolute atomic E-state index is 6.43. The fourth-order valence-electron chi connectivity index (χ4n) is 21.6. The minimum atomic E-state index is -0.164. The summed E-state index contributed by atoms with van der Waals surface area (Å²) in [4.78, 5) is 20.3. The van der Waals surface area contributed by atoms with Gasteiger partial charge in [-0.05, 0) is 336 Å². The van der Waals surface area contributed by atoms with Gasteiger partial charge in [0.15, 0.2) is 87.0 Å². The van der Waals surface area contributed by atoms with Crippen LogP contribution in [0, 0.1) is 68.1 Å². The lowest BCUT2D eigenvalue weighted by Gasteiger charge is -2.53. The van der Waals surface area contributed by atoms with Gasteiger partial charge in [-0.15, -0.1) is 0 Å². The van der Waals surface area contributed by atoms with Crippen molar-refractivity contribution in [3.63, 3.8) is 0 Å². The van der Waals surface area contributed by atoms with Gasteiger partial charge in [-0.3, -0.25) is 0 Å². The molecule has 8 fully saturated rings. The normalized spacial score (nSPS) is 19.3. The van der Waals surface area contributed by atoms with Crippen molar-refractivity contribution in [2.45, 2.75) is 171 Å². The SMILES string of the molecule is Cc1cc([S+](c2ccccc2)c2ccccc2)cc(C)c1OCOC1C2CC3CC(C2)CC1C3.Cc1ccc([S+](c2ccccc2)c2ccccc2)cc1.c1ccc([S+](c2cccc3ccccc23)c2cccc3ccccc23)cc1.c1ccc([S+](c2ccccc2)c2ccc(OCOC3C4CC5CC(C4)CC3C5)cc2)cc1.c1ccc([S+](c2ccccc2)c2ccccc2)cc1. The molecule has 0 heterocycles. The molecule has 0 atom stereocenters. The highest BCUT2D eigenvalue weighted by Gasteiger charge is 2.51. The molecule has 17 aromatic rings. The van der Waals surface area contributed by atoms with E-state index < -0.39 is 0 Å². The van der Waals surface area contributed by atoms with Gasteiger partial charge in [0.05, 0.1) is 55.8 Å². The molecular weight excluding hydrogens is 1700 g/mol. The summed E-state index contributed by atoms with van der Waals surface area (Å²) in [5.74, 6) is 8.87. The average Bonchev–Trinajstić information content (AvgIpc) is 0.762. The van der Waals surface area contributed by atoms with Gasteiger partial charge < -0.3 is 18.9 Å². The Bertz CT molecular complexity index is 6090. The molecule has 0 N–H and O–H groups in total. The second-order valence-electron chi connectivity index (χ2n) is 35.9. The third-order valence-electron chi connectivity index (χ3n) is 26.9. The van der Waals surface area contributed by atoms with Crippen molar-refractivity contribution in [3.05, 3.63) is 466 Å². The van der Waals surface area contributed by atoms with Gasteiger partial charge in [-0.25, -0.2) is 0 Å². The van der Waals surface area contributed by atoms with Crippen LogP contribution in [0.1, 0.15) is 80.9 Å². The van der Waals surface area contributed by atoms with Crippen molar-refractivity contribution in [1.29, 1.82) is 0 Å². The van der Waals surface area contributed by atoms with E-state index >= 15 is 0 Å². The van der Waals surface area contributed by atoms with E-state index in [1.807, 2.05) is 0 Å². The lowest BCUT2D eigenvalue weighted by atomic mass is 9.55. The van der Waals surface area contributed by atoms with E-state index in [9.17, 15) is 0 Å². The molecule has 0 radical (unpaired) electrons. The van der Waals surface area contributed by atoms with Crippen LogP contribution >= 0.6 is 0 Å². The van der Waals surface area contributed by atoms with Gasteiger partial charge >= 0.3 is 0 Å². The van der Waals surface area contributed by atoms with Crippen molar-refractivity contribution >= 4 is 76.0 Å². The van der Waals surface area contributed by atoms with Gasteiger partial charge in [0.1, 0.15) is 22.4 Å². The summed E-state index contributed by atoms with van der Waals surface area (Å²) in [6.45, 7) is 7.22. The first kappa shape index (κ1) is 89.7. The summed E-state index contributed by atoms with van der Waals surface area (Å²) in [5, 5.41) is 5.26. The first-order valence-electron chi connectivity index (χ1n) is 47.1. The molecule has 0 spiro atoms. The standard InChI is InChI=1S/C31H35O2S.C29H31O2S.C26H19S.C19H17S.C18H15S/c1-21-13-29(34(27-9-5-3-6-10-27)28-11-7-4-8-12-28)14-22(2)30(21)32-20-33-31-25-16-23-15-24(18-25)19-26(31)17-23;1-3-7-26(8-4-1)32(27-9-5-2-6-10-27)28-13-11-25(12-14-28)30-20-31-29-23-16-21-15-22(18-23)19-24(29)17-21;1-2-14-22(15-3-1)27(25-18-8-12-20-10-4-6-16-23(20)25)26-19-9-13-21-11-5-7-17-24(21)26;1-16-12-14-19(15-13-16)20(17-8-4-2-5-9-17)18-10-6-3-7-11-18;1-4-10-16(11-5-1)19(17-12-6-2-7-13-17)18-14-8-3-9-15-18/h3-14,23-26,31H,15-20H2,1-2H3;1-14,21-24,29H,15-20H2;1-19H;2-15H,1H3;1-15H/q5*+1. The van der Waals surface area contributed by atoms with Gasteiger partial charge in [-0.1, -0.05) is 260 Å². The smallest absolute Gasteiger partial charge is 0.189 e. The van der Waals surface area contributed by atoms with Crippen molar-refractivity contribution in [1.82, 2.24) is 0 Å². The molecule has 17 aromatic carbocycles. The average molecular weight is 1820 g/mol. The predicted octanol–water partition coefficient (Wildman–Crippen LogP) is 31.5. The predicted molar refractivity (Wildman–Crippen MR) is 551 cm³/mol. The van der Waals surface area contributed by atoms with Crippen LogP contribution < -0.4 is 9.47 Å². The van der Waals surface area contributed by atoms with E-state index in [2.05, 4.69) is 470 Å². The monoisotopic (exact) mass is 1820 g/mol. The van der Waals surface area contributed by atoms with Crippen LogP contribution in [0.3, 0.4) is 0 Å². The van der Waals surface area contributed by atoms with Crippen LogP contribution in [-0.4, -0.2) is 25.8 Å². The minimum absolute atomic E-state index is 0.0146. The minimum Gasteiger partial charge on any atom is -0.468 e. The van der Waals surface area contributed by atoms with E-state index in [1.165, 1.54) is 176 Å². The fourth-order valence-corrected chi connectivity index (χ4v) is 32.5. The Morgan fingerprint density at radius 3 is 0.742 bits per heavy atom. The maximum Gasteiger partial charge on any atom is 0.189 e. The molecule has 4 nitrogen and oxygen atoms in total. The third-order valence-corrected chi connectivity index (χ3v) is 38.2. The number of hydrogen-bond acceptors (Lipinski definition) is 4. The summed E-state index contributed by atoms with van der Waals surface area (Å²) in [6, 6.07) is 161. The van der Waals surface area contributed by atoms with Crippen LogP contribution in [0.5, 0.6) is 11.5 Å². The lowest BCUT2D eigenvalue weighted by molar-refractivity contribution is -0.155. The zero-order valence-electron chi connectivity index (χ0n) is 75.7. The molecule has 132 heavy (non-hydrogen) atoms. The molecule has 0 saturated heterocycles. The molecular formula is C123H117O4S5+5. The molecule has 658 valence electrons. The number of rotatable bonds is 23. The Kier molecular flexibility index (Phi) is 29.9. The molecule has 0 unspecified atom stereocenters. The summed E-state index contributed by atoms with van der Waals surface area (Å²) in [6.07, 6.45) is 14.8. The van der Waals surface area contributed by atoms with Crippen LogP contribution in [0.4, 0.5) is 0 Å². The Morgan fingerprint density at radius 1 is 0.212 bits per heavy atom. The molecule has 9 heteroatoms. The van der Waals surface area contributed by atoms with Crippen LogP contribution in [0.25, 0.3) is 21.5 Å². The molecule has 0 aromatic heterocycles. The summed E-state index contributed by atoms with van der Waals surface area (Å²) in [7, 11) is -0.465. The van der Waals surface area contributed by atoms with Gasteiger partial charge in [0.2, 0.25) is 0 Å². The van der Waals surface area contributed by atoms with Crippen molar-refractivity contribution < 1.29 is 18.9 Å². The summed E-state index contributed by atoms with van der Waals surface area (Å²) in [5.41, 5.74) is 3.68. The highest BCUT2D eigenvalue weighted by atomic mass is 32.2. The topological polar surface area (TPSA) is 36.9 Å². The highest BCUT2D eigenvalue weighted by Crippen LogP contribution is 2.57. The molecule has 8 saturated carbocycles. The summed E-state index contributed by atoms with van der Waals surface area (Å²) < 4.78 is 25.1. The molecule has 0 aliphatic heterocycles. The first-order chi connectivity index (χ1) is 65.2. The van der Waals surface area contributed by atoms with Crippen LogP contribution in [0.2, 0.25) is 0 Å². The zero-order valence-corrected chi connectivity index (χ0v) is 79.7. The fraction of sp³-hybridized carbons (Fsp3) is 0.203. The molecule has 25 rings (SSSR count). The quantitative estimate of drug-likeness (QED) is 0.0472. The molecule has 0 amide bonds. The van der Waals surface area contributed by atoms with E-state index in [0.29, 0.717) is 25.8 Å². The highest BCUT2D eigenvalue weighted by molar-refractivity contribution is 7.98. The largest absolute Gasteiger partial charge is 0.468 e. The molecule has 8 aliphatic carbocycles. The zero-order chi connectivity index (χ0) is 89.2. The Hall–Kier alpha value is -11.5. The van der Waals surface area contributed by atoms with Crippen molar-refractivity contribution in [2.24, 2.45) is 47.3 Å². The van der Waals surface area contributed by atoms with Gasteiger partial charge in [0.25, 0.3) is 0 Å². The van der Waals surface area contributed by atoms with E-state index in [0.717, 1.165) is 58.8 Å². The number of ether oxygens (including phenoxy) is 4. The summed E-state index contributed by atoms with van der Waals surface area (Å²) >= 11 is 0. The third kappa shape index (κ3) is 21.7. The van der Waals surface area contributed by atoms with E-state index in [1.54, 1.807) is 0 Å². The van der Waals surface area contributed by atoms with Gasteiger partial charge in [0, 0.05) is 22.9 Å². The number of fused-ring (bicyclic) bond motifs is 2. The number of aryl methyl sites for hydroxylation is 3. The van der Waals surface area contributed by atoms with E-state index in [-0.39, 0.29) is 54.5 Å². The van der Waals surface area contributed by atoms with Gasteiger partial charge in [-0.2, -0.15) is 0 Å². The lowest BCUT2D eigenvalue weighted by Crippen LogP contribution is -2.49. The Labute approximate surface area is 797 Å². The van der Waals surface area contributed by atoms with Crippen LogP contribution in [0.15, 0.2) is 522 Å². The molecule has 8 bridgehead atoms. The van der Waals surface area contributed by atoms with Crippen molar-refractivity contribution in [3.8, 4) is 11.5 Å². The Morgan fingerprint density at radius 2 is 0.447 bits per heavy atom. The van der Waals surface area contributed by atoms with E-state index in [4.69, 9.17) is 18.9 Å². The second kappa shape index (κ2) is 43.9. The van der Waals surface area contributed by atoms with Crippen molar-refractivity contribution in [2.75, 3.05) is 13.6 Å². The Balaban J connectivity index is 0.000000108. The number of hydrogen-bond donors (Lipinski definition) is 0. The maximum atomic E-state index is 6.43. The first-order valence-corrected chi connectivity index (χ1v) is 53.3. The second-order valence-corrected chi connectivity index (χ2v) is 46.0. The number of benzene rings is 17. The molecule has 8 aliphatic rings.